The molecule has 1 saturated carbocycles. The van der Waals surface area contributed by atoms with E-state index in [0.717, 1.165) is 56.8 Å². The van der Waals surface area contributed by atoms with Gasteiger partial charge in [-0.1, -0.05) is 19.8 Å². The van der Waals surface area contributed by atoms with Gasteiger partial charge in [0.2, 0.25) is 5.91 Å². The average molecular weight is 344 g/mol. The Morgan fingerprint density at radius 2 is 2.20 bits per heavy atom. The SMILES string of the molecule is CCc1ncc2c(n1)CN(CC(=O)N1CCO[C@@H]3CCCC[C@@H]31)CC2. The van der Waals surface area contributed by atoms with E-state index in [9.17, 15) is 4.79 Å². The summed E-state index contributed by atoms with van der Waals surface area (Å²) in [6.07, 6.45) is 8.63. The number of rotatable bonds is 3. The molecule has 2 fully saturated rings. The lowest BCUT2D eigenvalue weighted by Gasteiger charge is -2.44. The van der Waals surface area contributed by atoms with E-state index in [4.69, 9.17) is 4.74 Å². The molecule has 2 aliphatic heterocycles. The van der Waals surface area contributed by atoms with E-state index in [-0.39, 0.29) is 12.0 Å². The van der Waals surface area contributed by atoms with Gasteiger partial charge < -0.3 is 9.64 Å². The largest absolute Gasteiger partial charge is 0.374 e. The van der Waals surface area contributed by atoms with Crippen molar-refractivity contribution in [3.8, 4) is 0 Å². The van der Waals surface area contributed by atoms with Gasteiger partial charge in [-0.15, -0.1) is 0 Å². The molecule has 0 bridgehead atoms. The normalized spacial score (nSPS) is 26.8. The first-order chi connectivity index (χ1) is 12.2. The average Bonchev–Trinajstić information content (AvgIpc) is 2.66. The van der Waals surface area contributed by atoms with Crippen molar-refractivity contribution in [1.29, 1.82) is 0 Å². The Hall–Kier alpha value is -1.53. The van der Waals surface area contributed by atoms with E-state index in [1.165, 1.54) is 18.4 Å². The van der Waals surface area contributed by atoms with Crippen LogP contribution in [0.5, 0.6) is 0 Å². The topological polar surface area (TPSA) is 58.6 Å². The van der Waals surface area contributed by atoms with Crippen molar-refractivity contribution in [3.63, 3.8) is 0 Å². The number of fused-ring (bicyclic) bond motifs is 2. The molecule has 0 radical (unpaired) electrons. The molecule has 1 amide bonds. The predicted molar refractivity (Wildman–Crippen MR) is 94.1 cm³/mol. The van der Waals surface area contributed by atoms with Crippen LogP contribution in [0.4, 0.5) is 0 Å². The lowest BCUT2D eigenvalue weighted by Crippen LogP contribution is -2.57. The zero-order valence-electron chi connectivity index (χ0n) is 15.1. The first-order valence-corrected chi connectivity index (χ1v) is 9.71. The fourth-order valence-electron chi connectivity index (χ4n) is 4.39. The van der Waals surface area contributed by atoms with Crippen molar-refractivity contribution in [2.75, 3.05) is 26.2 Å². The van der Waals surface area contributed by atoms with Crippen LogP contribution in [0.15, 0.2) is 6.20 Å². The highest BCUT2D eigenvalue weighted by Gasteiger charge is 2.37. The van der Waals surface area contributed by atoms with E-state index in [1.54, 1.807) is 0 Å². The van der Waals surface area contributed by atoms with Gasteiger partial charge in [0.1, 0.15) is 5.82 Å². The quantitative estimate of drug-likeness (QED) is 0.833. The molecule has 1 aromatic rings. The van der Waals surface area contributed by atoms with Crippen LogP contribution in [0.3, 0.4) is 0 Å². The number of carbonyl (C=O) groups excluding carboxylic acids is 1. The standard InChI is InChI=1S/C19H28N4O2/c1-2-18-20-11-14-7-8-22(12-15(14)21-18)13-19(24)23-9-10-25-17-6-4-3-5-16(17)23/h11,16-17H,2-10,12-13H2,1H3/t16-,17+/m0/s1. The summed E-state index contributed by atoms with van der Waals surface area (Å²) in [5, 5.41) is 0. The smallest absolute Gasteiger partial charge is 0.237 e. The molecule has 1 saturated heterocycles. The molecule has 1 aliphatic carbocycles. The minimum Gasteiger partial charge on any atom is -0.374 e. The summed E-state index contributed by atoms with van der Waals surface area (Å²) in [5.41, 5.74) is 2.34. The monoisotopic (exact) mass is 344 g/mol. The Morgan fingerprint density at radius 3 is 3.08 bits per heavy atom. The Balaban J connectivity index is 1.40. The van der Waals surface area contributed by atoms with Crippen LogP contribution in [0.25, 0.3) is 0 Å². The minimum absolute atomic E-state index is 0.258. The summed E-state index contributed by atoms with van der Waals surface area (Å²) in [6.45, 7) is 5.66. The summed E-state index contributed by atoms with van der Waals surface area (Å²) in [7, 11) is 0. The molecule has 0 unspecified atom stereocenters. The van der Waals surface area contributed by atoms with Crippen LogP contribution in [0.2, 0.25) is 0 Å². The van der Waals surface area contributed by atoms with Gasteiger partial charge in [0, 0.05) is 32.3 Å². The third kappa shape index (κ3) is 3.55. The number of hydrogen-bond acceptors (Lipinski definition) is 5. The Morgan fingerprint density at radius 1 is 1.32 bits per heavy atom. The minimum atomic E-state index is 0.258. The van der Waals surface area contributed by atoms with E-state index < -0.39 is 0 Å². The van der Waals surface area contributed by atoms with Crippen molar-refractivity contribution in [1.82, 2.24) is 19.8 Å². The molecule has 2 atom stereocenters. The highest BCUT2D eigenvalue weighted by Crippen LogP contribution is 2.28. The van der Waals surface area contributed by atoms with Gasteiger partial charge in [0.15, 0.2) is 0 Å². The first kappa shape index (κ1) is 16.9. The molecule has 3 aliphatic rings. The Labute approximate surface area is 149 Å². The zero-order valence-corrected chi connectivity index (χ0v) is 15.1. The molecule has 0 N–H and O–H groups in total. The first-order valence-electron chi connectivity index (χ1n) is 9.71. The molecule has 6 nitrogen and oxygen atoms in total. The van der Waals surface area contributed by atoms with E-state index >= 15 is 0 Å². The molecule has 4 rings (SSSR count). The highest BCUT2D eigenvalue weighted by atomic mass is 16.5. The third-order valence-electron chi connectivity index (χ3n) is 5.80. The number of aromatic nitrogens is 2. The maximum atomic E-state index is 13.0. The maximum absolute atomic E-state index is 13.0. The molecular formula is C19H28N4O2. The van der Waals surface area contributed by atoms with Gasteiger partial charge in [-0.05, 0) is 24.8 Å². The van der Waals surface area contributed by atoms with Crippen LogP contribution >= 0.6 is 0 Å². The second kappa shape index (κ2) is 7.38. The van der Waals surface area contributed by atoms with E-state index in [1.807, 2.05) is 6.20 Å². The third-order valence-corrected chi connectivity index (χ3v) is 5.80. The van der Waals surface area contributed by atoms with Crippen molar-refractivity contribution >= 4 is 5.91 Å². The van der Waals surface area contributed by atoms with Gasteiger partial charge in [0.25, 0.3) is 0 Å². The second-order valence-corrected chi connectivity index (χ2v) is 7.42. The lowest BCUT2D eigenvalue weighted by atomic mass is 9.90. The van der Waals surface area contributed by atoms with Crippen molar-refractivity contribution in [2.24, 2.45) is 0 Å². The van der Waals surface area contributed by atoms with Crippen molar-refractivity contribution in [2.45, 2.75) is 64.1 Å². The molecule has 3 heterocycles. The van der Waals surface area contributed by atoms with E-state index in [0.29, 0.717) is 19.2 Å². The van der Waals surface area contributed by atoms with Crippen LogP contribution in [0.1, 0.15) is 49.7 Å². The molecule has 0 aromatic carbocycles. The number of aryl methyl sites for hydroxylation is 1. The summed E-state index contributed by atoms with van der Waals surface area (Å²) in [5.74, 6) is 1.15. The summed E-state index contributed by atoms with van der Waals surface area (Å²) < 4.78 is 5.90. The number of amides is 1. The van der Waals surface area contributed by atoms with Crippen LogP contribution in [0, 0.1) is 0 Å². The summed E-state index contributed by atoms with van der Waals surface area (Å²) in [4.78, 5) is 26.4. The predicted octanol–water partition coefficient (Wildman–Crippen LogP) is 1.57. The van der Waals surface area contributed by atoms with Gasteiger partial charge in [-0.25, -0.2) is 9.97 Å². The van der Waals surface area contributed by atoms with Crippen LogP contribution in [-0.2, 0) is 28.9 Å². The molecule has 0 spiro atoms. The number of hydrogen-bond donors (Lipinski definition) is 0. The second-order valence-electron chi connectivity index (χ2n) is 7.42. The molecule has 25 heavy (non-hydrogen) atoms. The lowest BCUT2D eigenvalue weighted by molar-refractivity contribution is -0.150. The van der Waals surface area contributed by atoms with E-state index in [2.05, 4.69) is 26.7 Å². The van der Waals surface area contributed by atoms with Gasteiger partial charge >= 0.3 is 0 Å². The Bertz CT molecular complexity index is 634. The number of morpholine rings is 1. The molecular weight excluding hydrogens is 316 g/mol. The van der Waals surface area contributed by atoms with Crippen molar-refractivity contribution in [3.05, 3.63) is 23.3 Å². The van der Waals surface area contributed by atoms with Gasteiger partial charge in [-0.2, -0.15) is 0 Å². The highest BCUT2D eigenvalue weighted by molar-refractivity contribution is 5.78. The molecule has 6 heteroatoms. The molecule has 1 aromatic heterocycles. The number of ether oxygens (including phenoxy) is 1. The van der Waals surface area contributed by atoms with Gasteiger partial charge in [0.05, 0.1) is 31.0 Å². The fourth-order valence-corrected chi connectivity index (χ4v) is 4.39. The fraction of sp³-hybridized carbons (Fsp3) is 0.737. The van der Waals surface area contributed by atoms with Crippen molar-refractivity contribution < 1.29 is 9.53 Å². The van der Waals surface area contributed by atoms with Crippen LogP contribution < -0.4 is 0 Å². The summed E-state index contributed by atoms with van der Waals surface area (Å²) in [6, 6.07) is 0.293. The van der Waals surface area contributed by atoms with Crippen LogP contribution in [-0.4, -0.2) is 64.1 Å². The summed E-state index contributed by atoms with van der Waals surface area (Å²) >= 11 is 0. The van der Waals surface area contributed by atoms with Gasteiger partial charge in [-0.3, -0.25) is 9.69 Å². The number of carbonyl (C=O) groups is 1. The Kier molecular flexibility index (Phi) is 4.99. The number of nitrogens with zero attached hydrogens (tertiary/aromatic N) is 4. The maximum Gasteiger partial charge on any atom is 0.237 e. The zero-order chi connectivity index (χ0) is 17.2. The molecule has 136 valence electrons.